The van der Waals surface area contributed by atoms with Crippen molar-refractivity contribution in [2.75, 3.05) is 19.8 Å². The smallest absolute Gasteiger partial charge is 0.0805 e. The van der Waals surface area contributed by atoms with Crippen LogP contribution in [0.5, 0.6) is 0 Å². The van der Waals surface area contributed by atoms with Gasteiger partial charge in [-0.25, -0.2) is 0 Å². The predicted octanol–water partition coefficient (Wildman–Crippen LogP) is 12.0. The van der Waals surface area contributed by atoms with Gasteiger partial charge < -0.3 is 9.47 Å². The Bertz CT molecular complexity index is 520. The maximum absolute atomic E-state index is 6.19. The van der Waals surface area contributed by atoms with E-state index in [1.807, 2.05) is 0 Å². The zero-order valence-corrected chi connectivity index (χ0v) is 27.7. The lowest BCUT2D eigenvalue weighted by atomic mass is 9.82. The van der Waals surface area contributed by atoms with Crippen LogP contribution in [0.3, 0.4) is 0 Å². The summed E-state index contributed by atoms with van der Waals surface area (Å²) in [5.74, 6) is 2.43. The fourth-order valence-corrected chi connectivity index (χ4v) is 5.34. The molecule has 0 aliphatic rings. The minimum absolute atomic E-state index is 0.242. The molecule has 4 unspecified atom stereocenters. The van der Waals surface area contributed by atoms with Crippen LogP contribution < -0.4 is 0 Å². The second-order valence-corrected chi connectivity index (χ2v) is 13.5. The van der Waals surface area contributed by atoms with Gasteiger partial charge in [0, 0.05) is 13.2 Å². The lowest BCUT2D eigenvalue weighted by Gasteiger charge is -2.24. The van der Waals surface area contributed by atoms with Crippen molar-refractivity contribution in [1.29, 1.82) is 0 Å². The minimum atomic E-state index is 0.242. The second-order valence-electron chi connectivity index (χ2n) is 13.5. The third kappa shape index (κ3) is 21.5. The third-order valence-corrected chi connectivity index (χ3v) is 9.03. The summed E-state index contributed by atoms with van der Waals surface area (Å²) in [6.45, 7) is 25.3. The number of unbranched alkanes of at least 4 members (excludes halogenated alkanes) is 8. The van der Waals surface area contributed by atoms with E-state index >= 15 is 0 Å². The zero-order valence-electron chi connectivity index (χ0n) is 27.7. The van der Waals surface area contributed by atoms with Gasteiger partial charge in [0.25, 0.3) is 0 Å². The average molecular weight is 537 g/mol. The highest BCUT2D eigenvalue weighted by Gasteiger charge is 2.17. The quantitative estimate of drug-likeness (QED) is 0.0767. The SMILES string of the molecule is C=C(CCCC(C)C(C)CCOC(CC)COCCCCCCCCCCCC(CC)CCC)C(C)(C)C. The molecule has 228 valence electrons. The second kappa shape index (κ2) is 24.5. The van der Waals surface area contributed by atoms with Gasteiger partial charge in [0.15, 0.2) is 0 Å². The zero-order chi connectivity index (χ0) is 28.7. The summed E-state index contributed by atoms with van der Waals surface area (Å²) in [6.07, 6.45) is 24.2. The third-order valence-electron chi connectivity index (χ3n) is 9.03. The first-order chi connectivity index (χ1) is 18.1. The molecule has 0 aliphatic carbocycles. The van der Waals surface area contributed by atoms with Gasteiger partial charge in [0.1, 0.15) is 0 Å². The maximum atomic E-state index is 6.19. The van der Waals surface area contributed by atoms with Crippen molar-refractivity contribution in [3.63, 3.8) is 0 Å². The van der Waals surface area contributed by atoms with Crippen molar-refractivity contribution < 1.29 is 9.47 Å². The van der Waals surface area contributed by atoms with Crippen LogP contribution in [0.2, 0.25) is 0 Å². The molecule has 0 saturated heterocycles. The number of allylic oxidation sites excluding steroid dienone is 1. The molecule has 0 aromatic heterocycles. The number of rotatable bonds is 27. The van der Waals surface area contributed by atoms with Crippen LogP contribution in [0.15, 0.2) is 12.2 Å². The van der Waals surface area contributed by atoms with E-state index in [-0.39, 0.29) is 11.5 Å². The molecule has 0 aromatic carbocycles. The summed E-state index contributed by atoms with van der Waals surface area (Å²) < 4.78 is 12.2. The van der Waals surface area contributed by atoms with Gasteiger partial charge in [0.2, 0.25) is 0 Å². The Kier molecular flexibility index (Phi) is 24.2. The summed E-state index contributed by atoms with van der Waals surface area (Å²) >= 11 is 0. The van der Waals surface area contributed by atoms with Crippen LogP contribution in [-0.4, -0.2) is 25.9 Å². The molecule has 4 atom stereocenters. The van der Waals surface area contributed by atoms with Gasteiger partial charge in [-0.05, 0) is 55.3 Å². The molecule has 0 N–H and O–H groups in total. The van der Waals surface area contributed by atoms with Gasteiger partial charge in [-0.15, -0.1) is 0 Å². The van der Waals surface area contributed by atoms with Gasteiger partial charge in [-0.3, -0.25) is 0 Å². The predicted molar refractivity (Wildman–Crippen MR) is 171 cm³/mol. The Morgan fingerprint density at radius 2 is 1.24 bits per heavy atom. The Balaban J connectivity index is 3.64. The molecule has 0 heterocycles. The van der Waals surface area contributed by atoms with Crippen LogP contribution in [0.1, 0.15) is 171 Å². The molecule has 0 aliphatic heterocycles. The molecule has 0 rings (SSSR count). The van der Waals surface area contributed by atoms with E-state index in [2.05, 4.69) is 62.0 Å². The van der Waals surface area contributed by atoms with Crippen LogP contribution in [0.4, 0.5) is 0 Å². The van der Waals surface area contributed by atoms with Crippen molar-refractivity contribution in [1.82, 2.24) is 0 Å². The highest BCUT2D eigenvalue weighted by atomic mass is 16.5. The first kappa shape index (κ1) is 37.7. The van der Waals surface area contributed by atoms with Crippen LogP contribution in [0, 0.1) is 23.2 Å². The lowest BCUT2D eigenvalue weighted by Crippen LogP contribution is -2.21. The van der Waals surface area contributed by atoms with E-state index in [0.717, 1.165) is 50.9 Å². The topological polar surface area (TPSA) is 18.5 Å². The molecule has 0 spiro atoms. The largest absolute Gasteiger partial charge is 0.379 e. The lowest BCUT2D eigenvalue weighted by molar-refractivity contribution is -0.0239. The van der Waals surface area contributed by atoms with Crippen molar-refractivity contribution in [3.05, 3.63) is 12.2 Å². The molecule has 0 bridgehead atoms. The van der Waals surface area contributed by atoms with Crippen molar-refractivity contribution in [2.45, 2.75) is 177 Å². The average Bonchev–Trinajstić information content (AvgIpc) is 2.88. The van der Waals surface area contributed by atoms with E-state index in [9.17, 15) is 0 Å². The van der Waals surface area contributed by atoms with E-state index in [4.69, 9.17) is 9.47 Å². The monoisotopic (exact) mass is 537 g/mol. The molecule has 0 aromatic rings. The number of ether oxygens (including phenoxy) is 2. The fraction of sp³-hybridized carbons (Fsp3) is 0.944. The van der Waals surface area contributed by atoms with E-state index in [0.29, 0.717) is 5.92 Å². The Hall–Kier alpha value is -0.340. The molecular formula is C36H72O2. The summed E-state index contributed by atoms with van der Waals surface area (Å²) in [6, 6.07) is 0. The van der Waals surface area contributed by atoms with Gasteiger partial charge in [0.05, 0.1) is 12.7 Å². The van der Waals surface area contributed by atoms with Gasteiger partial charge in [-0.2, -0.15) is 0 Å². The van der Waals surface area contributed by atoms with Crippen molar-refractivity contribution >= 4 is 0 Å². The van der Waals surface area contributed by atoms with E-state index in [1.165, 1.54) is 102 Å². The highest BCUT2D eigenvalue weighted by Crippen LogP contribution is 2.29. The summed E-state index contributed by atoms with van der Waals surface area (Å²) in [5.41, 5.74) is 1.63. The minimum Gasteiger partial charge on any atom is -0.379 e. The summed E-state index contributed by atoms with van der Waals surface area (Å²) in [4.78, 5) is 0. The first-order valence-electron chi connectivity index (χ1n) is 17.0. The molecule has 0 radical (unpaired) electrons. The van der Waals surface area contributed by atoms with E-state index in [1.54, 1.807) is 0 Å². The highest BCUT2D eigenvalue weighted by molar-refractivity contribution is 5.04. The Labute approximate surface area is 241 Å². The molecule has 38 heavy (non-hydrogen) atoms. The molecule has 2 nitrogen and oxygen atoms in total. The molecule has 0 amide bonds. The molecular weight excluding hydrogens is 464 g/mol. The maximum Gasteiger partial charge on any atom is 0.0805 e. The summed E-state index contributed by atoms with van der Waals surface area (Å²) in [7, 11) is 0. The summed E-state index contributed by atoms with van der Waals surface area (Å²) in [5, 5.41) is 0. The molecule has 0 fully saturated rings. The Morgan fingerprint density at radius 1 is 0.658 bits per heavy atom. The van der Waals surface area contributed by atoms with Crippen LogP contribution >= 0.6 is 0 Å². The first-order valence-corrected chi connectivity index (χ1v) is 17.0. The van der Waals surface area contributed by atoms with Gasteiger partial charge >= 0.3 is 0 Å². The van der Waals surface area contributed by atoms with E-state index < -0.39 is 0 Å². The number of hydrogen-bond donors (Lipinski definition) is 0. The number of hydrogen-bond acceptors (Lipinski definition) is 2. The fourth-order valence-electron chi connectivity index (χ4n) is 5.34. The van der Waals surface area contributed by atoms with Gasteiger partial charge in [-0.1, -0.05) is 151 Å². The van der Waals surface area contributed by atoms with Crippen molar-refractivity contribution in [2.24, 2.45) is 23.2 Å². The molecule has 2 heteroatoms. The van der Waals surface area contributed by atoms with Crippen molar-refractivity contribution in [3.8, 4) is 0 Å². The van der Waals surface area contributed by atoms with Crippen LogP contribution in [0.25, 0.3) is 0 Å². The Morgan fingerprint density at radius 3 is 1.79 bits per heavy atom. The molecule has 0 saturated carbocycles. The van der Waals surface area contributed by atoms with Crippen LogP contribution in [-0.2, 0) is 9.47 Å². The normalized spacial score (nSPS) is 15.4. The standard InChI is InChI=1S/C36H72O2/c1-10-23-34(11-2)26-20-18-16-14-13-15-17-19-21-28-37-30-35(12-3)38-29-27-32(5)31(4)24-22-25-33(6)36(7,8)9/h31-32,34-35H,6,10-30H2,1-5,7-9H3.